The smallest absolute Gasteiger partial charge is 0.0498 e. The zero-order chi connectivity index (χ0) is 12.2. The quantitative estimate of drug-likeness (QED) is 0.892. The summed E-state index contributed by atoms with van der Waals surface area (Å²) in [6.45, 7) is 2.30. The van der Waals surface area contributed by atoms with Crippen LogP contribution in [0.5, 0.6) is 0 Å². The molecular formula is C15H19N3. The van der Waals surface area contributed by atoms with Crippen molar-refractivity contribution in [3.63, 3.8) is 0 Å². The maximum Gasteiger partial charge on any atom is 0.0498 e. The molecule has 0 spiro atoms. The summed E-state index contributed by atoms with van der Waals surface area (Å²) in [6, 6.07) is 11.0. The highest BCUT2D eigenvalue weighted by atomic mass is 15.2. The number of nitrogens with zero attached hydrogens (tertiary/aromatic N) is 2. The number of hydrogen-bond acceptors (Lipinski definition) is 2. The maximum atomic E-state index is 4.39. The zero-order valence-corrected chi connectivity index (χ0v) is 10.5. The minimum absolute atomic E-state index is 0.573. The van der Waals surface area contributed by atoms with E-state index in [0.717, 1.165) is 13.0 Å². The van der Waals surface area contributed by atoms with Gasteiger partial charge in [0.2, 0.25) is 0 Å². The van der Waals surface area contributed by atoms with E-state index in [1.807, 2.05) is 18.5 Å². The van der Waals surface area contributed by atoms with Gasteiger partial charge in [-0.25, -0.2) is 0 Å². The van der Waals surface area contributed by atoms with Crippen LogP contribution in [0.25, 0.3) is 0 Å². The highest BCUT2D eigenvalue weighted by Gasteiger charge is 2.25. The summed E-state index contributed by atoms with van der Waals surface area (Å²) in [4.78, 5) is 10.3. The van der Waals surface area contributed by atoms with E-state index in [4.69, 9.17) is 0 Å². The first kappa shape index (κ1) is 11.5. The van der Waals surface area contributed by atoms with E-state index in [9.17, 15) is 0 Å². The summed E-state index contributed by atoms with van der Waals surface area (Å²) < 4.78 is 0. The second-order valence-electron chi connectivity index (χ2n) is 4.89. The van der Waals surface area contributed by atoms with Gasteiger partial charge in [0.1, 0.15) is 0 Å². The van der Waals surface area contributed by atoms with E-state index in [0.29, 0.717) is 6.04 Å². The Morgan fingerprint density at radius 1 is 1.28 bits per heavy atom. The average Bonchev–Trinajstić information content (AvgIpc) is 3.08. The number of H-pyrrole nitrogens is 1. The zero-order valence-electron chi connectivity index (χ0n) is 10.5. The molecule has 1 aliphatic rings. The van der Waals surface area contributed by atoms with Crippen LogP contribution in [0.15, 0.2) is 42.7 Å². The molecule has 2 aromatic heterocycles. The molecule has 94 valence electrons. The lowest BCUT2D eigenvalue weighted by atomic mass is 10.1. The second-order valence-corrected chi connectivity index (χ2v) is 4.89. The molecule has 3 nitrogen and oxygen atoms in total. The third-order valence-electron chi connectivity index (χ3n) is 3.73. The SMILES string of the molecule is c1ccc(CCN2CCC[C@@H]2c2ccc[nH]2)nc1. The summed E-state index contributed by atoms with van der Waals surface area (Å²) >= 11 is 0. The second kappa shape index (κ2) is 5.36. The summed E-state index contributed by atoms with van der Waals surface area (Å²) in [5.74, 6) is 0. The van der Waals surface area contributed by atoms with Gasteiger partial charge in [0.25, 0.3) is 0 Å². The van der Waals surface area contributed by atoms with Crippen LogP contribution in [0.3, 0.4) is 0 Å². The fourth-order valence-electron chi connectivity index (χ4n) is 2.80. The average molecular weight is 241 g/mol. The molecule has 1 atom stereocenters. The molecule has 1 N–H and O–H groups in total. The molecule has 0 aromatic carbocycles. The van der Waals surface area contributed by atoms with Crippen molar-refractivity contribution in [1.29, 1.82) is 0 Å². The number of aromatic nitrogens is 2. The van der Waals surface area contributed by atoms with Crippen LogP contribution in [0.1, 0.15) is 30.3 Å². The van der Waals surface area contributed by atoms with Gasteiger partial charge in [-0.15, -0.1) is 0 Å². The van der Waals surface area contributed by atoms with Gasteiger partial charge in [-0.3, -0.25) is 9.88 Å². The van der Waals surface area contributed by atoms with E-state index >= 15 is 0 Å². The molecule has 0 radical (unpaired) electrons. The summed E-state index contributed by atoms with van der Waals surface area (Å²) in [6.07, 6.45) is 7.50. The molecule has 1 aliphatic heterocycles. The van der Waals surface area contributed by atoms with Crippen LogP contribution in [-0.4, -0.2) is 28.0 Å². The molecule has 1 saturated heterocycles. The molecule has 2 aromatic rings. The van der Waals surface area contributed by atoms with Crippen molar-refractivity contribution in [2.45, 2.75) is 25.3 Å². The molecule has 0 saturated carbocycles. The Balaban J connectivity index is 1.62. The Kier molecular flexibility index (Phi) is 3.42. The van der Waals surface area contributed by atoms with Gasteiger partial charge in [0.05, 0.1) is 0 Å². The summed E-state index contributed by atoms with van der Waals surface area (Å²) in [7, 11) is 0. The Morgan fingerprint density at radius 3 is 3.06 bits per heavy atom. The molecular weight excluding hydrogens is 222 g/mol. The molecule has 3 rings (SSSR count). The minimum Gasteiger partial charge on any atom is -0.364 e. The van der Waals surface area contributed by atoms with E-state index in [-0.39, 0.29) is 0 Å². The molecule has 1 fully saturated rings. The van der Waals surface area contributed by atoms with Gasteiger partial charge in [-0.1, -0.05) is 6.07 Å². The number of aromatic amines is 1. The van der Waals surface area contributed by atoms with Crippen molar-refractivity contribution in [1.82, 2.24) is 14.9 Å². The van der Waals surface area contributed by atoms with Gasteiger partial charge in [0, 0.05) is 42.8 Å². The highest BCUT2D eigenvalue weighted by Crippen LogP contribution is 2.30. The van der Waals surface area contributed by atoms with Crippen LogP contribution < -0.4 is 0 Å². The van der Waals surface area contributed by atoms with Crippen molar-refractivity contribution in [3.8, 4) is 0 Å². The van der Waals surface area contributed by atoms with Gasteiger partial charge < -0.3 is 4.98 Å². The van der Waals surface area contributed by atoms with Crippen molar-refractivity contribution in [3.05, 3.63) is 54.1 Å². The molecule has 3 heterocycles. The first-order valence-electron chi connectivity index (χ1n) is 6.71. The molecule has 0 aliphatic carbocycles. The third-order valence-corrected chi connectivity index (χ3v) is 3.73. The van der Waals surface area contributed by atoms with E-state index in [1.54, 1.807) is 0 Å². The lowest BCUT2D eigenvalue weighted by Crippen LogP contribution is -2.26. The number of likely N-dealkylation sites (tertiary alicyclic amines) is 1. The van der Waals surface area contributed by atoms with E-state index < -0.39 is 0 Å². The van der Waals surface area contributed by atoms with Crippen molar-refractivity contribution in [2.24, 2.45) is 0 Å². The van der Waals surface area contributed by atoms with E-state index in [2.05, 4.69) is 39.1 Å². The Bertz CT molecular complexity index is 464. The van der Waals surface area contributed by atoms with Crippen LogP contribution in [-0.2, 0) is 6.42 Å². The topological polar surface area (TPSA) is 31.9 Å². The number of rotatable bonds is 4. The summed E-state index contributed by atoms with van der Waals surface area (Å²) in [5, 5.41) is 0. The normalized spacial score (nSPS) is 20.3. The van der Waals surface area contributed by atoms with Gasteiger partial charge in [-0.05, 0) is 43.7 Å². The minimum atomic E-state index is 0.573. The fourth-order valence-corrected chi connectivity index (χ4v) is 2.80. The number of nitrogens with one attached hydrogen (secondary N) is 1. The standard InChI is InChI=1S/C15H19N3/c1-2-9-16-13(5-1)8-12-18-11-4-7-15(18)14-6-3-10-17-14/h1-3,5-6,9-10,15,17H,4,7-8,11-12H2/t15-/m1/s1. The molecule has 18 heavy (non-hydrogen) atoms. The van der Waals surface area contributed by atoms with E-state index in [1.165, 1.54) is 30.8 Å². The van der Waals surface area contributed by atoms with Crippen molar-refractivity contribution in [2.75, 3.05) is 13.1 Å². The van der Waals surface area contributed by atoms with Crippen molar-refractivity contribution >= 4 is 0 Å². The summed E-state index contributed by atoms with van der Waals surface area (Å²) in [5.41, 5.74) is 2.54. The Hall–Kier alpha value is -1.61. The van der Waals surface area contributed by atoms with Crippen LogP contribution >= 0.6 is 0 Å². The van der Waals surface area contributed by atoms with Crippen LogP contribution in [0.2, 0.25) is 0 Å². The molecule has 0 unspecified atom stereocenters. The van der Waals surface area contributed by atoms with Crippen LogP contribution in [0.4, 0.5) is 0 Å². The Morgan fingerprint density at radius 2 is 2.28 bits per heavy atom. The fraction of sp³-hybridized carbons (Fsp3) is 0.400. The van der Waals surface area contributed by atoms with Crippen molar-refractivity contribution < 1.29 is 0 Å². The molecule has 3 heteroatoms. The largest absolute Gasteiger partial charge is 0.364 e. The first-order chi connectivity index (χ1) is 8.93. The monoisotopic (exact) mass is 241 g/mol. The van der Waals surface area contributed by atoms with Gasteiger partial charge in [-0.2, -0.15) is 0 Å². The van der Waals surface area contributed by atoms with Gasteiger partial charge in [0.15, 0.2) is 0 Å². The predicted molar refractivity (Wildman–Crippen MR) is 72.3 cm³/mol. The predicted octanol–water partition coefficient (Wildman–Crippen LogP) is 2.79. The van der Waals surface area contributed by atoms with Crippen LogP contribution in [0, 0.1) is 0 Å². The first-order valence-corrected chi connectivity index (χ1v) is 6.71. The Labute approximate surface area is 108 Å². The number of hydrogen-bond donors (Lipinski definition) is 1. The number of pyridine rings is 1. The molecule has 0 amide bonds. The van der Waals surface area contributed by atoms with Gasteiger partial charge >= 0.3 is 0 Å². The highest BCUT2D eigenvalue weighted by molar-refractivity contribution is 5.11. The lowest BCUT2D eigenvalue weighted by molar-refractivity contribution is 0.256. The third kappa shape index (κ3) is 2.46. The maximum absolute atomic E-state index is 4.39. The molecule has 0 bridgehead atoms. The lowest BCUT2D eigenvalue weighted by Gasteiger charge is -2.23.